The first-order valence-corrected chi connectivity index (χ1v) is 7.06. The predicted molar refractivity (Wildman–Crippen MR) is 79.6 cm³/mol. The lowest BCUT2D eigenvalue weighted by Gasteiger charge is -2.36. The molecule has 1 aliphatic carbocycles. The van der Waals surface area contributed by atoms with Crippen molar-refractivity contribution < 1.29 is 14.3 Å². The van der Waals surface area contributed by atoms with Gasteiger partial charge in [0.25, 0.3) is 5.56 Å². The number of carbonyl (C=O) groups is 1. The van der Waals surface area contributed by atoms with Crippen molar-refractivity contribution in [3.63, 3.8) is 0 Å². The van der Waals surface area contributed by atoms with Gasteiger partial charge in [0.1, 0.15) is 11.3 Å². The molecule has 0 radical (unpaired) electrons. The van der Waals surface area contributed by atoms with E-state index in [2.05, 4.69) is 5.32 Å². The van der Waals surface area contributed by atoms with Crippen LogP contribution in [0.25, 0.3) is 0 Å². The minimum atomic E-state index is -0.630. The zero-order valence-corrected chi connectivity index (χ0v) is 12.9. The number of hydrogen-bond acceptors (Lipinski definition) is 4. The molecule has 6 nitrogen and oxygen atoms in total. The monoisotopic (exact) mass is 294 g/mol. The Morgan fingerprint density at radius 1 is 1.38 bits per heavy atom. The smallest absolute Gasteiger partial charge is 0.412 e. The highest BCUT2D eigenvalue weighted by Crippen LogP contribution is 2.33. The normalized spacial score (nSPS) is 21.5. The molecule has 2 rings (SSSR count). The van der Waals surface area contributed by atoms with E-state index in [-0.39, 0.29) is 23.4 Å². The number of carbonyl (C=O) groups excluding carboxylic acids is 1. The van der Waals surface area contributed by atoms with Gasteiger partial charge in [-0.15, -0.1) is 0 Å². The van der Waals surface area contributed by atoms with Crippen LogP contribution in [0.15, 0.2) is 23.1 Å². The molecule has 1 amide bonds. The molecular formula is C15H22N2O4. The zero-order valence-electron chi connectivity index (χ0n) is 12.9. The van der Waals surface area contributed by atoms with Gasteiger partial charge >= 0.3 is 6.09 Å². The van der Waals surface area contributed by atoms with Crippen LogP contribution in [0.3, 0.4) is 0 Å². The highest BCUT2D eigenvalue weighted by molar-refractivity contribution is 5.84. The summed E-state index contributed by atoms with van der Waals surface area (Å²) in [5, 5.41) is 2.51. The molecule has 6 heteroatoms. The maximum absolute atomic E-state index is 12.4. The molecule has 1 aliphatic rings. The average Bonchev–Trinajstić information content (AvgIpc) is 2.31. The molecule has 1 saturated carbocycles. The highest BCUT2D eigenvalue weighted by Gasteiger charge is 2.33. The molecule has 0 spiro atoms. The minimum absolute atomic E-state index is 0.0305. The summed E-state index contributed by atoms with van der Waals surface area (Å²) in [5.74, 6) is 0. The third-order valence-corrected chi connectivity index (χ3v) is 3.45. The first-order chi connectivity index (χ1) is 9.81. The second-order valence-corrected chi connectivity index (χ2v) is 6.18. The molecule has 0 bridgehead atoms. The van der Waals surface area contributed by atoms with Crippen LogP contribution in [0.2, 0.25) is 0 Å². The van der Waals surface area contributed by atoms with Gasteiger partial charge < -0.3 is 14.0 Å². The molecule has 1 N–H and O–H groups in total. The van der Waals surface area contributed by atoms with E-state index in [0.717, 1.165) is 12.8 Å². The molecule has 0 aromatic carbocycles. The molecule has 116 valence electrons. The number of nitrogens with one attached hydrogen (secondary N) is 1. The Morgan fingerprint density at radius 2 is 2.10 bits per heavy atom. The summed E-state index contributed by atoms with van der Waals surface area (Å²) in [6.45, 7) is 5.31. The summed E-state index contributed by atoms with van der Waals surface area (Å²) in [5.41, 5.74) is -0.629. The summed E-state index contributed by atoms with van der Waals surface area (Å²) in [6, 6.07) is 3.34. The number of hydrogen-bond donors (Lipinski definition) is 1. The molecule has 1 aromatic rings. The number of ether oxygens (including phenoxy) is 2. The van der Waals surface area contributed by atoms with Crippen molar-refractivity contribution in [2.45, 2.75) is 51.4 Å². The molecule has 1 unspecified atom stereocenters. The number of rotatable bonds is 3. The summed E-state index contributed by atoms with van der Waals surface area (Å²) in [7, 11) is 1.64. The van der Waals surface area contributed by atoms with Gasteiger partial charge in [0.15, 0.2) is 0 Å². The first kappa shape index (κ1) is 15.6. The lowest BCUT2D eigenvalue weighted by molar-refractivity contribution is -0.0103. The number of aromatic nitrogens is 1. The molecule has 0 aliphatic heterocycles. The van der Waals surface area contributed by atoms with Crippen LogP contribution in [-0.2, 0) is 9.47 Å². The molecule has 2 atom stereocenters. The van der Waals surface area contributed by atoms with E-state index in [1.165, 1.54) is 0 Å². The van der Waals surface area contributed by atoms with Gasteiger partial charge in [0, 0.05) is 13.3 Å². The Hall–Kier alpha value is -1.82. The number of methoxy groups -OCH3 is 1. The Labute approximate surface area is 124 Å². The van der Waals surface area contributed by atoms with Gasteiger partial charge in [-0.05, 0) is 45.7 Å². The van der Waals surface area contributed by atoms with Crippen LogP contribution in [0, 0.1) is 0 Å². The zero-order chi connectivity index (χ0) is 15.6. The lowest BCUT2D eigenvalue weighted by atomic mass is 9.88. The van der Waals surface area contributed by atoms with Gasteiger partial charge in [-0.3, -0.25) is 10.1 Å². The second-order valence-electron chi connectivity index (χ2n) is 6.18. The Balaban J connectivity index is 2.15. The van der Waals surface area contributed by atoms with Crippen molar-refractivity contribution in [3.05, 3.63) is 28.7 Å². The minimum Gasteiger partial charge on any atom is -0.444 e. The molecule has 1 heterocycles. The third kappa shape index (κ3) is 3.64. The fourth-order valence-electron chi connectivity index (χ4n) is 2.32. The van der Waals surface area contributed by atoms with Crippen LogP contribution >= 0.6 is 0 Å². The van der Waals surface area contributed by atoms with Crippen LogP contribution in [0.1, 0.15) is 39.7 Å². The first-order valence-electron chi connectivity index (χ1n) is 7.06. The van der Waals surface area contributed by atoms with Crippen molar-refractivity contribution in [1.29, 1.82) is 0 Å². The third-order valence-electron chi connectivity index (χ3n) is 3.45. The quantitative estimate of drug-likeness (QED) is 0.930. The van der Waals surface area contributed by atoms with Gasteiger partial charge in [0.05, 0.1) is 12.1 Å². The Kier molecular flexibility index (Phi) is 4.37. The highest BCUT2D eigenvalue weighted by atomic mass is 16.6. The lowest BCUT2D eigenvalue weighted by Crippen LogP contribution is -2.41. The number of anilines is 1. The van der Waals surface area contributed by atoms with Crippen molar-refractivity contribution >= 4 is 11.8 Å². The van der Waals surface area contributed by atoms with E-state index in [9.17, 15) is 9.59 Å². The van der Waals surface area contributed by atoms with E-state index in [1.807, 2.05) is 0 Å². The molecule has 1 aromatic heterocycles. The number of nitrogens with zero attached hydrogens (tertiary/aromatic N) is 1. The molecule has 21 heavy (non-hydrogen) atoms. The number of pyridine rings is 1. The topological polar surface area (TPSA) is 69.6 Å². The summed E-state index contributed by atoms with van der Waals surface area (Å²) in [4.78, 5) is 24.2. The molecule has 0 saturated heterocycles. The molecular weight excluding hydrogens is 272 g/mol. The number of amides is 1. The van der Waals surface area contributed by atoms with Gasteiger partial charge in [-0.1, -0.05) is 0 Å². The van der Waals surface area contributed by atoms with Crippen LogP contribution in [0.4, 0.5) is 10.5 Å². The maximum Gasteiger partial charge on any atom is 0.412 e. The van der Waals surface area contributed by atoms with Crippen molar-refractivity contribution in [2.75, 3.05) is 12.4 Å². The summed E-state index contributed by atoms with van der Waals surface area (Å²) >= 11 is 0. The van der Waals surface area contributed by atoms with Gasteiger partial charge in [-0.25, -0.2) is 4.79 Å². The van der Waals surface area contributed by atoms with Crippen LogP contribution < -0.4 is 10.9 Å². The second kappa shape index (κ2) is 5.89. The predicted octanol–water partition coefficient (Wildman–Crippen LogP) is 2.55. The average molecular weight is 294 g/mol. The fraction of sp³-hybridized carbons (Fsp3) is 0.600. The van der Waals surface area contributed by atoms with Crippen molar-refractivity contribution in [1.82, 2.24) is 4.57 Å². The van der Waals surface area contributed by atoms with E-state index >= 15 is 0 Å². The summed E-state index contributed by atoms with van der Waals surface area (Å²) < 4.78 is 12.1. The van der Waals surface area contributed by atoms with Gasteiger partial charge in [-0.2, -0.15) is 0 Å². The fourth-order valence-corrected chi connectivity index (χ4v) is 2.32. The largest absolute Gasteiger partial charge is 0.444 e. The SMILES string of the molecule is CO[C@H]1CCC1n1cccc(NC(=O)OC(C)(C)C)c1=O. The van der Waals surface area contributed by atoms with Crippen LogP contribution in [-0.4, -0.2) is 29.5 Å². The standard InChI is InChI=1S/C15H22N2O4/c1-15(2,3)21-14(19)16-10-6-5-9-17(13(10)18)11-7-8-12(11)20-4/h5-6,9,11-12H,7-8H2,1-4H3,(H,16,19)/t11?,12-/m0/s1. The van der Waals surface area contributed by atoms with Crippen molar-refractivity contribution in [2.24, 2.45) is 0 Å². The van der Waals surface area contributed by atoms with E-state index in [0.29, 0.717) is 0 Å². The van der Waals surface area contributed by atoms with E-state index in [4.69, 9.17) is 9.47 Å². The Bertz CT molecular complexity index is 572. The summed E-state index contributed by atoms with van der Waals surface area (Å²) in [6.07, 6.45) is 2.98. The van der Waals surface area contributed by atoms with E-state index < -0.39 is 11.7 Å². The van der Waals surface area contributed by atoms with E-state index in [1.54, 1.807) is 50.8 Å². The Morgan fingerprint density at radius 3 is 2.62 bits per heavy atom. The van der Waals surface area contributed by atoms with Gasteiger partial charge in [0.2, 0.25) is 0 Å². The molecule has 1 fully saturated rings. The van der Waals surface area contributed by atoms with Crippen LogP contribution in [0.5, 0.6) is 0 Å². The van der Waals surface area contributed by atoms with Crippen molar-refractivity contribution in [3.8, 4) is 0 Å². The maximum atomic E-state index is 12.4.